The highest BCUT2D eigenvalue weighted by Crippen LogP contribution is 2.02. The number of benzene rings is 1. The lowest BCUT2D eigenvalue weighted by molar-refractivity contribution is 0.0605. The molecule has 15 heavy (non-hydrogen) atoms. The molecule has 1 N–H and O–H groups in total. The van der Waals surface area contributed by atoms with Gasteiger partial charge >= 0.3 is 6.09 Å². The second-order valence-corrected chi connectivity index (χ2v) is 3.04. The van der Waals surface area contributed by atoms with Crippen LogP contribution in [-0.4, -0.2) is 29.4 Å². The van der Waals surface area contributed by atoms with Crippen molar-refractivity contribution in [2.24, 2.45) is 0 Å². The van der Waals surface area contributed by atoms with Crippen molar-refractivity contribution >= 4 is 6.09 Å². The van der Waals surface area contributed by atoms with E-state index in [1.165, 1.54) is 4.90 Å². The van der Waals surface area contributed by atoms with Gasteiger partial charge in [-0.1, -0.05) is 30.3 Å². The van der Waals surface area contributed by atoms with Gasteiger partial charge in [0.15, 0.2) is 0 Å². The Morgan fingerprint density at radius 1 is 1.40 bits per heavy atom. The molecule has 0 fully saturated rings. The van der Waals surface area contributed by atoms with Gasteiger partial charge in [-0.15, -0.1) is 0 Å². The molecule has 0 aliphatic carbocycles. The molecule has 0 saturated heterocycles. The van der Waals surface area contributed by atoms with Crippen LogP contribution in [0.2, 0.25) is 0 Å². The van der Waals surface area contributed by atoms with Crippen molar-refractivity contribution in [2.75, 3.05) is 13.3 Å². The first-order chi connectivity index (χ1) is 7.27. The summed E-state index contributed by atoms with van der Waals surface area (Å²) in [5.41, 5.74) is 0.930. The van der Waals surface area contributed by atoms with Crippen LogP contribution in [0.4, 0.5) is 4.79 Å². The lowest BCUT2D eigenvalue weighted by Gasteiger charge is -2.16. The average molecular weight is 209 g/mol. The quantitative estimate of drug-likeness (QED) is 0.766. The topological polar surface area (TPSA) is 49.8 Å². The zero-order chi connectivity index (χ0) is 11.1. The third-order valence-corrected chi connectivity index (χ3v) is 2.02. The minimum atomic E-state index is -0.496. The molecular formula is C11H15NO3. The highest BCUT2D eigenvalue weighted by Gasteiger charge is 2.10. The molecule has 1 rings (SSSR count). The van der Waals surface area contributed by atoms with Crippen molar-refractivity contribution in [1.82, 2.24) is 4.90 Å². The Kier molecular flexibility index (Phi) is 4.63. The SMILES string of the molecule is CCN(CO)C(=O)OCc1ccccc1. The smallest absolute Gasteiger partial charge is 0.411 e. The van der Waals surface area contributed by atoms with Gasteiger partial charge in [0.05, 0.1) is 0 Å². The predicted molar refractivity (Wildman–Crippen MR) is 56.1 cm³/mol. The molecule has 0 heterocycles. The largest absolute Gasteiger partial charge is 0.444 e. The summed E-state index contributed by atoms with van der Waals surface area (Å²) in [5.74, 6) is 0. The number of carbonyl (C=O) groups excluding carboxylic acids is 1. The fraction of sp³-hybridized carbons (Fsp3) is 0.364. The maximum absolute atomic E-state index is 11.3. The normalized spacial score (nSPS) is 9.73. The molecule has 0 unspecified atom stereocenters. The van der Waals surface area contributed by atoms with Gasteiger partial charge in [0.1, 0.15) is 13.3 Å². The first-order valence-electron chi connectivity index (χ1n) is 4.84. The van der Waals surface area contributed by atoms with Gasteiger partial charge in [0, 0.05) is 6.54 Å². The molecule has 4 nitrogen and oxygen atoms in total. The lowest BCUT2D eigenvalue weighted by atomic mass is 10.2. The van der Waals surface area contributed by atoms with Gasteiger partial charge in [-0.2, -0.15) is 0 Å². The van der Waals surface area contributed by atoms with Crippen LogP contribution in [0.3, 0.4) is 0 Å². The molecule has 0 aromatic heterocycles. The molecule has 1 aromatic rings. The Morgan fingerprint density at radius 3 is 2.60 bits per heavy atom. The number of ether oxygens (including phenoxy) is 1. The van der Waals surface area contributed by atoms with Crippen LogP contribution < -0.4 is 0 Å². The van der Waals surface area contributed by atoms with E-state index in [0.717, 1.165) is 5.56 Å². The third kappa shape index (κ3) is 3.59. The summed E-state index contributed by atoms with van der Waals surface area (Å²) in [6.07, 6.45) is -0.496. The Labute approximate surface area is 89.1 Å². The van der Waals surface area contributed by atoms with Crippen molar-refractivity contribution in [2.45, 2.75) is 13.5 Å². The van der Waals surface area contributed by atoms with Gasteiger partial charge in [-0.3, -0.25) is 4.90 Å². The van der Waals surface area contributed by atoms with Crippen LogP contribution in [-0.2, 0) is 11.3 Å². The van der Waals surface area contributed by atoms with E-state index in [1.807, 2.05) is 30.3 Å². The molecule has 1 amide bonds. The highest BCUT2D eigenvalue weighted by molar-refractivity contribution is 5.67. The summed E-state index contributed by atoms with van der Waals surface area (Å²) in [6, 6.07) is 9.42. The monoisotopic (exact) mass is 209 g/mol. The number of nitrogens with zero attached hydrogens (tertiary/aromatic N) is 1. The molecule has 82 valence electrons. The highest BCUT2D eigenvalue weighted by atomic mass is 16.6. The van der Waals surface area contributed by atoms with Gasteiger partial charge in [-0.25, -0.2) is 4.79 Å². The fourth-order valence-electron chi connectivity index (χ4n) is 1.10. The van der Waals surface area contributed by atoms with Crippen molar-refractivity contribution < 1.29 is 14.6 Å². The minimum Gasteiger partial charge on any atom is -0.444 e. The van der Waals surface area contributed by atoms with Crippen LogP contribution in [0.1, 0.15) is 12.5 Å². The summed E-state index contributed by atoms with van der Waals surface area (Å²) < 4.78 is 5.00. The summed E-state index contributed by atoms with van der Waals surface area (Å²) in [6.45, 7) is 2.13. The van der Waals surface area contributed by atoms with Gasteiger partial charge in [0.2, 0.25) is 0 Å². The number of rotatable bonds is 4. The average Bonchev–Trinajstić information content (AvgIpc) is 2.29. The van der Waals surface area contributed by atoms with Crippen molar-refractivity contribution in [3.63, 3.8) is 0 Å². The van der Waals surface area contributed by atoms with E-state index in [1.54, 1.807) is 6.92 Å². The molecule has 0 saturated carbocycles. The first-order valence-corrected chi connectivity index (χ1v) is 4.84. The van der Waals surface area contributed by atoms with Gasteiger partial charge < -0.3 is 9.84 Å². The Balaban J connectivity index is 2.40. The molecule has 0 spiro atoms. The molecule has 4 heteroatoms. The lowest BCUT2D eigenvalue weighted by Crippen LogP contribution is -2.32. The molecule has 0 aliphatic rings. The third-order valence-electron chi connectivity index (χ3n) is 2.02. The zero-order valence-electron chi connectivity index (χ0n) is 8.72. The first kappa shape index (κ1) is 11.5. The Bertz CT molecular complexity index is 296. The second-order valence-electron chi connectivity index (χ2n) is 3.04. The molecule has 0 atom stereocenters. The van der Waals surface area contributed by atoms with E-state index in [4.69, 9.17) is 9.84 Å². The van der Waals surface area contributed by atoms with E-state index in [0.29, 0.717) is 6.54 Å². The van der Waals surface area contributed by atoms with E-state index >= 15 is 0 Å². The number of carbonyl (C=O) groups is 1. The summed E-state index contributed by atoms with van der Waals surface area (Å²) >= 11 is 0. The minimum absolute atomic E-state index is 0.232. The maximum Gasteiger partial charge on any atom is 0.411 e. The summed E-state index contributed by atoms with van der Waals surface area (Å²) in [5, 5.41) is 8.82. The zero-order valence-corrected chi connectivity index (χ0v) is 8.72. The molecule has 0 radical (unpaired) electrons. The van der Waals surface area contributed by atoms with Crippen LogP contribution in [0.5, 0.6) is 0 Å². The summed E-state index contributed by atoms with van der Waals surface area (Å²) in [4.78, 5) is 12.5. The van der Waals surface area contributed by atoms with Crippen LogP contribution in [0, 0.1) is 0 Å². The van der Waals surface area contributed by atoms with E-state index in [-0.39, 0.29) is 13.3 Å². The van der Waals surface area contributed by atoms with Crippen molar-refractivity contribution in [1.29, 1.82) is 0 Å². The van der Waals surface area contributed by atoms with Gasteiger partial charge in [-0.05, 0) is 12.5 Å². The Hall–Kier alpha value is -1.55. The summed E-state index contributed by atoms with van der Waals surface area (Å²) in [7, 11) is 0. The maximum atomic E-state index is 11.3. The molecular weight excluding hydrogens is 194 g/mol. The number of hydrogen-bond acceptors (Lipinski definition) is 3. The number of aliphatic hydroxyl groups is 1. The standard InChI is InChI=1S/C11H15NO3/c1-2-12(9-13)11(14)15-8-10-6-4-3-5-7-10/h3-7,13H,2,8-9H2,1H3. The van der Waals surface area contributed by atoms with E-state index < -0.39 is 6.09 Å². The predicted octanol–water partition coefficient (Wildman–Crippen LogP) is 1.59. The van der Waals surface area contributed by atoms with E-state index in [2.05, 4.69) is 0 Å². The molecule has 0 bridgehead atoms. The van der Waals surface area contributed by atoms with Crippen LogP contribution in [0.15, 0.2) is 30.3 Å². The number of hydrogen-bond donors (Lipinski definition) is 1. The van der Waals surface area contributed by atoms with Crippen molar-refractivity contribution in [3.8, 4) is 0 Å². The van der Waals surface area contributed by atoms with Gasteiger partial charge in [0.25, 0.3) is 0 Å². The fourth-order valence-corrected chi connectivity index (χ4v) is 1.10. The van der Waals surface area contributed by atoms with Crippen molar-refractivity contribution in [3.05, 3.63) is 35.9 Å². The second kappa shape index (κ2) is 6.03. The number of amides is 1. The van der Waals surface area contributed by atoms with E-state index in [9.17, 15) is 4.79 Å². The molecule has 1 aromatic carbocycles. The van der Waals surface area contributed by atoms with Crippen LogP contribution in [0.25, 0.3) is 0 Å². The Morgan fingerprint density at radius 2 is 2.07 bits per heavy atom. The molecule has 0 aliphatic heterocycles. The number of aliphatic hydroxyl groups excluding tert-OH is 1. The van der Waals surface area contributed by atoms with Crippen LogP contribution >= 0.6 is 0 Å².